The summed E-state index contributed by atoms with van der Waals surface area (Å²) in [7, 11) is 4.83. The summed E-state index contributed by atoms with van der Waals surface area (Å²) in [6, 6.07) is 1.87. The van der Waals surface area contributed by atoms with Gasteiger partial charge in [-0.25, -0.2) is 0 Å². The fourth-order valence-corrected chi connectivity index (χ4v) is 9.06. The number of hydrogen-bond acceptors (Lipinski definition) is 2. The summed E-state index contributed by atoms with van der Waals surface area (Å²) in [5, 5.41) is 0. The normalized spacial score (nSPS) is 45.6. The number of hydrogen-bond donors (Lipinski definition) is 0. The van der Waals surface area contributed by atoms with Crippen LogP contribution in [0.2, 0.25) is 0 Å². The van der Waals surface area contributed by atoms with Gasteiger partial charge in [0, 0.05) is 28.8 Å². The molecule has 0 amide bonds. The van der Waals surface area contributed by atoms with E-state index in [4.69, 9.17) is 0 Å². The summed E-state index contributed by atoms with van der Waals surface area (Å²) < 4.78 is 0. The maximum Gasteiger partial charge on any atom is 0.0514 e. The van der Waals surface area contributed by atoms with E-state index in [2.05, 4.69) is 114 Å². The van der Waals surface area contributed by atoms with Crippen LogP contribution in [0.3, 0.4) is 0 Å². The number of likely N-dealkylation sites (N-methyl/N-ethyl adjacent to an activating group) is 2. The molecule has 8 bridgehead atoms. The van der Waals surface area contributed by atoms with Gasteiger partial charge < -0.3 is 0 Å². The van der Waals surface area contributed by atoms with Crippen molar-refractivity contribution in [3.05, 3.63) is 70.9 Å². The lowest BCUT2D eigenvalue weighted by atomic mass is 9.62. The molecule has 8 unspecified atom stereocenters. The first kappa shape index (κ1) is 20.9. The van der Waals surface area contributed by atoms with Crippen molar-refractivity contribution in [3.63, 3.8) is 0 Å². The van der Waals surface area contributed by atoms with Crippen molar-refractivity contribution in [1.29, 1.82) is 0 Å². The van der Waals surface area contributed by atoms with Gasteiger partial charge in [-0.05, 0) is 48.6 Å². The average molecular weight is 429 g/mol. The van der Waals surface area contributed by atoms with E-state index in [1.807, 2.05) is 0 Å². The molecule has 32 heavy (non-hydrogen) atoms. The second kappa shape index (κ2) is 6.48. The second-order valence-electron chi connectivity index (χ2n) is 12.5. The van der Waals surface area contributed by atoms with E-state index in [-0.39, 0.29) is 10.8 Å². The molecule has 0 aromatic heterocycles. The van der Waals surface area contributed by atoms with E-state index in [0.29, 0.717) is 47.8 Å². The lowest BCUT2D eigenvalue weighted by molar-refractivity contribution is 0.0934. The highest BCUT2D eigenvalue weighted by atomic mass is 15.3. The zero-order chi connectivity index (χ0) is 22.7. The Morgan fingerprint density at radius 3 is 2.00 bits per heavy atom. The van der Waals surface area contributed by atoms with E-state index in [1.54, 1.807) is 22.3 Å². The van der Waals surface area contributed by atoms with Crippen LogP contribution < -0.4 is 0 Å². The van der Waals surface area contributed by atoms with Gasteiger partial charge >= 0.3 is 0 Å². The second-order valence-corrected chi connectivity index (χ2v) is 12.5. The average Bonchev–Trinajstić information content (AvgIpc) is 3.06. The molecule has 3 fully saturated rings. The monoisotopic (exact) mass is 428 g/mol. The Bertz CT molecular complexity index is 1040. The van der Waals surface area contributed by atoms with Crippen molar-refractivity contribution >= 4 is 0 Å². The summed E-state index contributed by atoms with van der Waals surface area (Å²) in [4.78, 5) is 5.53. The maximum atomic E-state index is 2.78. The van der Waals surface area contributed by atoms with Crippen molar-refractivity contribution in [3.8, 4) is 0 Å². The van der Waals surface area contributed by atoms with Crippen molar-refractivity contribution < 1.29 is 0 Å². The first-order chi connectivity index (χ1) is 15.1. The van der Waals surface area contributed by atoms with Crippen LogP contribution in [0.4, 0.5) is 0 Å². The Morgan fingerprint density at radius 1 is 0.688 bits per heavy atom. The van der Waals surface area contributed by atoms with Crippen LogP contribution in [0, 0.1) is 34.5 Å². The van der Waals surface area contributed by atoms with Crippen molar-refractivity contribution in [2.24, 2.45) is 34.5 Å². The van der Waals surface area contributed by atoms with Gasteiger partial charge in [-0.15, -0.1) is 0 Å². The molecule has 170 valence electrons. The Balaban J connectivity index is 1.63. The fraction of sp³-hybridized carbons (Fsp3) is 0.600. The maximum absolute atomic E-state index is 2.78. The van der Waals surface area contributed by atoms with Crippen molar-refractivity contribution in [1.82, 2.24) is 9.80 Å². The molecule has 8 atom stereocenters. The third-order valence-electron chi connectivity index (χ3n) is 10.5. The van der Waals surface area contributed by atoms with E-state index < -0.39 is 0 Å². The summed E-state index contributed by atoms with van der Waals surface area (Å²) >= 11 is 0. The van der Waals surface area contributed by atoms with Gasteiger partial charge in [-0.1, -0.05) is 95.7 Å². The molecule has 0 aromatic carbocycles. The van der Waals surface area contributed by atoms with Crippen LogP contribution in [0.1, 0.15) is 41.5 Å². The summed E-state index contributed by atoms with van der Waals surface area (Å²) in [6.07, 6.45) is 19.7. The van der Waals surface area contributed by atoms with Crippen LogP contribution in [0.5, 0.6) is 0 Å². The largest absolute Gasteiger partial charge is 0.293 e. The van der Waals surface area contributed by atoms with Crippen molar-refractivity contribution in [2.45, 2.75) is 65.7 Å². The third kappa shape index (κ3) is 2.33. The molecule has 0 radical (unpaired) electrons. The predicted molar refractivity (Wildman–Crippen MR) is 134 cm³/mol. The zero-order valence-electron chi connectivity index (χ0n) is 21.1. The summed E-state index contributed by atoms with van der Waals surface area (Å²) in [6.45, 7) is 15.0. The van der Waals surface area contributed by atoms with Gasteiger partial charge in [-0.2, -0.15) is 0 Å². The van der Waals surface area contributed by atoms with Gasteiger partial charge in [0.15, 0.2) is 0 Å². The highest BCUT2D eigenvalue weighted by molar-refractivity contribution is 5.51. The topological polar surface area (TPSA) is 6.48 Å². The number of allylic oxidation sites excluding steroid dienone is 8. The Hall–Kier alpha value is -1.64. The SMILES string of the molecule is CC1C2=CC=CC1C1=CC=CC(C1C)C1N(C)C3C(=CC=C4C3N(C)C2C4(C)C)C1(C)C. The molecule has 0 aromatic rings. The predicted octanol–water partition coefficient (Wildman–Crippen LogP) is 5.78. The molecule has 0 saturated carbocycles. The van der Waals surface area contributed by atoms with Gasteiger partial charge in [0.25, 0.3) is 0 Å². The van der Waals surface area contributed by atoms with Crippen LogP contribution in [0.25, 0.3) is 0 Å². The molecular weight excluding hydrogens is 388 g/mol. The highest BCUT2D eigenvalue weighted by Gasteiger charge is 2.62. The van der Waals surface area contributed by atoms with E-state index in [9.17, 15) is 0 Å². The molecular formula is C30H40N2. The van der Waals surface area contributed by atoms with Gasteiger partial charge in [0.05, 0.1) is 12.1 Å². The minimum absolute atomic E-state index is 0.127. The van der Waals surface area contributed by atoms with Crippen LogP contribution >= 0.6 is 0 Å². The molecule has 3 saturated heterocycles. The standard InChI is InChI=1S/C30H40N2/c1-17-19-11-9-13-21(17)27-29(3,4)23-15-16-24-26(25(23)31(27)7)32(8)28(30(24,5)6)22-14-10-12-20(19)18(22)2/h9-19,22,25-28H,1-8H3. The van der Waals surface area contributed by atoms with E-state index >= 15 is 0 Å². The molecule has 3 heterocycles. The van der Waals surface area contributed by atoms with Gasteiger partial charge in [0.2, 0.25) is 0 Å². The van der Waals surface area contributed by atoms with Crippen LogP contribution in [-0.4, -0.2) is 48.1 Å². The Labute approximate surface area is 195 Å². The first-order valence-corrected chi connectivity index (χ1v) is 12.7. The number of fused-ring (bicyclic) bond motifs is 9. The minimum Gasteiger partial charge on any atom is -0.293 e. The zero-order valence-corrected chi connectivity index (χ0v) is 21.1. The number of rotatable bonds is 0. The lowest BCUT2D eigenvalue weighted by Crippen LogP contribution is -2.52. The van der Waals surface area contributed by atoms with Crippen LogP contribution in [-0.2, 0) is 0 Å². The van der Waals surface area contributed by atoms with Gasteiger partial charge in [0.1, 0.15) is 0 Å². The Morgan fingerprint density at radius 2 is 1.28 bits per heavy atom. The smallest absolute Gasteiger partial charge is 0.0514 e. The summed E-state index contributed by atoms with van der Waals surface area (Å²) in [5.74, 6) is 2.12. The van der Waals surface area contributed by atoms with E-state index in [0.717, 1.165) is 0 Å². The number of nitrogens with zero attached hydrogens (tertiary/aromatic N) is 2. The fourth-order valence-electron chi connectivity index (χ4n) is 9.06. The minimum atomic E-state index is 0.127. The third-order valence-corrected chi connectivity index (χ3v) is 10.5. The molecule has 2 nitrogen and oxygen atoms in total. The van der Waals surface area contributed by atoms with Crippen molar-refractivity contribution in [2.75, 3.05) is 14.1 Å². The van der Waals surface area contributed by atoms with E-state index in [1.165, 1.54) is 0 Å². The van der Waals surface area contributed by atoms with Crippen LogP contribution in [0.15, 0.2) is 70.9 Å². The lowest BCUT2D eigenvalue weighted by Gasteiger charge is -2.45. The molecule has 6 aliphatic rings. The first-order valence-electron chi connectivity index (χ1n) is 12.7. The molecule has 3 aliphatic heterocycles. The molecule has 3 aliphatic carbocycles. The Kier molecular flexibility index (Phi) is 4.24. The molecule has 2 heteroatoms. The quantitative estimate of drug-likeness (QED) is 0.482. The highest BCUT2D eigenvalue weighted by Crippen LogP contribution is 2.60. The van der Waals surface area contributed by atoms with Gasteiger partial charge in [-0.3, -0.25) is 9.80 Å². The summed E-state index contributed by atoms with van der Waals surface area (Å²) in [5.41, 5.74) is 6.81. The molecule has 6 rings (SSSR count). The molecule has 0 N–H and O–H groups in total. The molecule has 0 spiro atoms.